The number of aryl methyl sites for hydroxylation is 1. The fourth-order valence-corrected chi connectivity index (χ4v) is 5.25. The van der Waals surface area contributed by atoms with Crippen LogP contribution in [0.1, 0.15) is 23.2 Å². The second kappa shape index (κ2) is 6.42. The molecule has 0 saturated heterocycles. The first-order chi connectivity index (χ1) is 13.5. The van der Waals surface area contributed by atoms with Crippen LogP contribution >= 0.6 is 0 Å². The predicted molar refractivity (Wildman–Crippen MR) is 105 cm³/mol. The fourth-order valence-electron chi connectivity index (χ4n) is 3.82. The quantitative estimate of drug-likeness (QED) is 0.680. The van der Waals surface area contributed by atoms with E-state index in [0.29, 0.717) is 31.0 Å². The van der Waals surface area contributed by atoms with Gasteiger partial charge in [0.15, 0.2) is 5.65 Å². The van der Waals surface area contributed by atoms with Gasteiger partial charge in [0.25, 0.3) is 0 Å². The van der Waals surface area contributed by atoms with Gasteiger partial charge >= 0.3 is 0 Å². The molecular formula is C20H20N4O3S. The molecule has 0 spiro atoms. The number of sulfonamides is 1. The lowest BCUT2D eigenvalue weighted by Gasteiger charge is -2.26. The van der Waals surface area contributed by atoms with Crippen molar-refractivity contribution in [3.05, 3.63) is 59.6 Å². The third kappa shape index (κ3) is 2.80. The molecule has 0 unspecified atom stereocenters. The Bertz CT molecular complexity index is 1210. The smallest absolute Gasteiger partial charge is 0.243 e. The summed E-state index contributed by atoms with van der Waals surface area (Å²) in [6.07, 6.45) is 6.88. The summed E-state index contributed by atoms with van der Waals surface area (Å²) >= 11 is 0. The van der Waals surface area contributed by atoms with E-state index in [0.717, 1.165) is 40.2 Å². The van der Waals surface area contributed by atoms with Crippen molar-refractivity contribution in [3.63, 3.8) is 0 Å². The van der Waals surface area contributed by atoms with Crippen LogP contribution in [-0.2, 0) is 16.4 Å². The van der Waals surface area contributed by atoms with Gasteiger partial charge in [0.2, 0.25) is 10.0 Å². The number of benzene rings is 1. The molecule has 2 aliphatic rings. The average molecular weight is 396 g/mol. The number of fused-ring (bicyclic) bond motifs is 2. The Balaban J connectivity index is 1.42. The predicted octanol–water partition coefficient (Wildman–Crippen LogP) is 2.45. The summed E-state index contributed by atoms with van der Waals surface area (Å²) in [5, 5.41) is 4.65. The fraction of sp³-hybridized carbons (Fsp3) is 0.300. The Morgan fingerprint density at radius 1 is 1.18 bits per heavy atom. The average Bonchev–Trinajstić information content (AvgIpc) is 3.35. The molecule has 0 bridgehead atoms. The SMILES string of the molecule is Cc1cc2nccn2nc1C1=CCN(S(=O)(=O)c2ccc3c(c2)CCO3)CC1. The van der Waals surface area contributed by atoms with Crippen LogP contribution in [0, 0.1) is 6.92 Å². The maximum Gasteiger partial charge on any atom is 0.243 e. The second-order valence-corrected chi connectivity index (χ2v) is 9.05. The lowest BCUT2D eigenvalue weighted by atomic mass is 10.0. The first-order valence-corrected chi connectivity index (χ1v) is 10.7. The molecule has 0 fully saturated rings. The minimum Gasteiger partial charge on any atom is -0.493 e. The van der Waals surface area contributed by atoms with Crippen molar-refractivity contribution in [2.75, 3.05) is 19.7 Å². The van der Waals surface area contributed by atoms with Crippen LogP contribution < -0.4 is 4.74 Å². The Morgan fingerprint density at radius 2 is 2.07 bits per heavy atom. The van der Waals surface area contributed by atoms with Crippen molar-refractivity contribution in [2.45, 2.75) is 24.7 Å². The number of ether oxygens (including phenoxy) is 1. The standard InChI is InChI=1S/C20H20N4O3S/c1-14-12-19-21-7-10-24(19)22-20(14)15-4-8-23(9-5-15)28(25,26)17-2-3-18-16(13-17)6-11-27-18/h2-4,7,10,12-13H,5-6,8-9,11H2,1H3. The molecule has 8 heteroatoms. The summed E-state index contributed by atoms with van der Waals surface area (Å²) in [7, 11) is -3.53. The molecular weight excluding hydrogens is 376 g/mol. The molecule has 2 aromatic heterocycles. The Labute approximate surface area is 163 Å². The van der Waals surface area contributed by atoms with Gasteiger partial charge < -0.3 is 4.74 Å². The molecule has 3 aromatic rings. The van der Waals surface area contributed by atoms with Crippen molar-refractivity contribution in [1.82, 2.24) is 18.9 Å². The van der Waals surface area contributed by atoms with Crippen molar-refractivity contribution < 1.29 is 13.2 Å². The summed E-state index contributed by atoms with van der Waals surface area (Å²) in [6, 6.07) is 7.14. The number of hydrogen-bond donors (Lipinski definition) is 0. The molecule has 0 saturated carbocycles. The zero-order valence-corrected chi connectivity index (χ0v) is 16.3. The van der Waals surface area contributed by atoms with E-state index in [2.05, 4.69) is 10.1 Å². The molecule has 0 aliphatic carbocycles. The third-order valence-corrected chi connectivity index (χ3v) is 7.21. The van der Waals surface area contributed by atoms with E-state index >= 15 is 0 Å². The van der Waals surface area contributed by atoms with Crippen molar-refractivity contribution in [1.29, 1.82) is 0 Å². The summed E-state index contributed by atoms with van der Waals surface area (Å²) in [5.41, 5.74) is 4.78. The molecule has 144 valence electrons. The van der Waals surface area contributed by atoms with Crippen LogP contribution in [-0.4, -0.2) is 47.0 Å². The van der Waals surface area contributed by atoms with E-state index in [9.17, 15) is 8.42 Å². The van der Waals surface area contributed by atoms with E-state index in [1.54, 1.807) is 28.9 Å². The second-order valence-electron chi connectivity index (χ2n) is 7.12. The van der Waals surface area contributed by atoms with Gasteiger partial charge in [0.05, 0.1) is 17.2 Å². The Hall–Kier alpha value is -2.71. The topological polar surface area (TPSA) is 76.8 Å². The van der Waals surface area contributed by atoms with Crippen LogP contribution in [0.15, 0.2) is 47.6 Å². The Morgan fingerprint density at radius 3 is 2.89 bits per heavy atom. The van der Waals surface area contributed by atoms with Crippen molar-refractivity contribution in [2.24, 2.45) is 0 Å². The normalized spacial score (nSPS) is 17.4. The number of imidazole rings is 1. The van der Waals surface area contributed by atoms with Crippen LogP contribution in [0.2, 0.25) is 0 Å². The molecule has 7 nitrogen and oxygen atoms in total. The summed E-state index contributed by atoms with van der Waals surface area (Å²) < 4.78 is 34.9. The highest BCUT2D eigenvalue weighted by Gasteiger charge is 2.28. The van der Waals surface area contributed by atoms with E-state index < -0.39 is 10.0 Å². The number of nitrogens with zero attached hydrogens (tertiary/aromatic N) is 4. The van der Waals surface area contributed by atoms with Crippen LogP contribution in [0.3, 0.4) is 0 Å². The monoisotopic (exact) mass is 396 g/mol. The molecule has 0 atom stereocenters. The van der Waals surface area contributed by atoms with Gasteiger partial charge in [-0.05, 0) is 54.3 Å². The number of rotatable bonds is 3. The molecule has 2 aliphatic heterocycles. The molecule has 1 aromatic carbocycles. The summed E-state index contributed by atoms with van der Waals surface area (Å²) in [5.74, 6) is 0.788. The Kier molecular flexibility index (Phi) is 3.99. The lowest BCUT2D eigenvalue weighted by molar-refractivity contribution is 0.356. The number of aromatic nitrogens is 3. The van der Waals surface area contributed by atoms with Gasteiger partial charge in [-0.2, -0.15) is 9.40 Å². The molecule has 4 heterocycles. The summed E-state index contributed by atoms with van der Waals surface area (Å²) in [4.78, 5) is 4.59. The van der Waals surface area contributed by atoms with Crippen LogP contribution in [0.5, 0.6) is 5.75 Å². The minimum absolute atomic E-state index is 0.336. The van der Waals surface area contributed by atoms with E-state index in [1.165, 1.54) is 4.31 Å². The van der Waals surface area contributed by atoms with Crippen LogP contribution in [0.4, 0.5) is 0 Å². The first kappa shape index (κ1) is 17.4. The van der Waals surface area contributed by atoms with Gasteiger partial charge in [-0.15, -0.1) is 0 Å². The molecule has 0 N–H and O–H groups in total. The minimum atomic E-state index is -3.53. The van der Waals surface area contributed by atoms with E-state index in [-0.39, 0.29) is 0 Å². The maximum absolute atomic E-state index is 13.1. The van der Waals surface area contributed by atoms with Gasteiger partial charge in [-0.3, -0.25) is 0 Å². The highest BCUT2D eigenvalue weighted by Crippen LogP contribution is 2.31. The zero-order chi connectivity index (χ0) is 19.3. The largest absolute Gasteiger partial charge is 0.493 e. The first-order valence-electron chi connectivity index (χ1n) is 9.29. The van der Waals surface area contributed by atoms with Crippen molar-refractivity contribution in [3.8, 4) is 5.75 Å². The third-order valence-electron chi connectivity index (χ3n) is 5.35. The van der Waals surface area contributed by atoms with E-state index in [1.807, 2.05) is 25.3 Å². The molecule has 5 rings (SSSR count). The van der Waals surface area contributed by atoms with Gasteiger partial charge in [-0.25, -0.2) is 17.9 Å². The van der Waals surface area contributed by atoms with Gasteiger partial charge in [0.1, 0.15) is 5.75 Å². The van der Waals surface area contributed by atoms with Gasteiger partial charge in [0, 0.05) is 31.9 Å². The van der Waals surface area contributed by atoms with E-state index in [4.69, 9.17) is 4.74 Å². The lowest BCUT2D eigenvalue weighted by Crippen LogP contribution is -2.34. The highest BCUT2D eigenvalue weighted by molar-refractivity contribution is 7.89. The number of hydrogen-bond acceptors (Lipinski definition) is 5. The zero-order valence-electron chi connectivity index (χ0n) is 15.5. The molecule has 0 amide bonds. The summed E-state index contributed by atoms with van der Waals surface area (Å²) in [6.45, 7) is 3.40. The van der Waals surface area contributed by atoms with Crippen LogP contribution in [0.25, 0.3) is 11.2 Å². The highest BCUT2D eigenvalue weighted by atomic mass is 32.2. The maximum atomic E-state index is 13.1. The van der Waals surface area contributed by atoms with Crippen molar-refractivity contribution >= 4 is 21.2 Å². The van der Waals surface area contributed by atoms with Gasteiger partial charge in [-0.1, -0.05) is 6.08 Å². The molecule has 0 radical (unpaired) electrons. The molecule has 28 heavy (non-hydrogen) atoms.